The van der Waals surface area contributed by atoms with Gasteiger partial charge >= 0.3 is 11.8 Å². The fourth-order valence-electron chi connectivity index (χ4n) is 1.06. The van der Waals surface area contributed by atoms with Crippen LogP contribution in [-0.4, -0.2) is 24.2 Å². The van der Waals surface area contributed by atoms with E-state index >= 15 is 0 Å². The summed E-state index contributed by atoms with van der Waals surface area (Å²) in [5.74, 6) is -1.26. The number of nitrogens with zero attached hydrogens (tertiary/aromatic N) is 1. The zero-order valence-electron chi connectivity index (χ0n) is 8.87. The van der Waals surface area contributed by atoms with Crippen LogP contribution in [0.15, 0.2) is 24.3 Å². The van der Waals surface area contributed by atoms with Crippen LogP contribution in [0.5, 0.6) is 0 Å². The highest BCUT2D eigenvalue weighted by molar-refractivity contribution is 6.39. The Morgan fingerprint density at radius 3 is 2.41 bits per heavy atom. The number of hydrogen-bond donors (Lipinski definition) is 2. The lowest BCUT2D eigenvalue weighted by Gasteiger charge is -2.05. The minimum Gasteiger partial charge on any atom is -0.347 e. The first-order valence-corrected chi connectivity index (χ1v) is 5.36. The maximum Gasteiger partial charge on any atom is 0.313 e. The highest BCUT2D eigenvalue weighted by Gasteiger charge is 2.12. The van der Waals surface area contributed by atoms with Crippen LogP contribution in [0.1, 0.15) is 5.56 Å². The van der Waals surface area contributed by atoms with E-state index in [0.717, 1.165) is 0 Å². The highest BCUT2D eigenvalue weighted by atomic mass is 35.5. The van der Waals surface area contributed by atoms with Gasteiger partial charge in [-0.3, -0.25) is 9.59 Å². The van der Waals surface area contributed by atoms with E-state index in [9.17, 15) is 9.59 Å². The summed E-state index contributed by atoms with van der Waals surface area (Å²) in [5, 5.41) is 13.3. The molecular weight excluding hydrogens is 242 g/mol. The summed E-state index contributed by atoms with van der Waals surface area (Å²) in [6.07, 6.45) is 0. The van der Waals surface area contributed by atoms with E-state index in [1.165, 1.54) is 0 Å². The maximum absolute atomic E-state index is 11.3. The van der Waals surface area contributed by atoms with Crippen LogP contribution in [0.25, 0.3) is 0 Å². The topological polar surface area (TPSA) is 82.0 Å². The molecule has 0 heterocycles. The van der Waals surface area contributed by atoms with Gasteiger partial charge in [-0.2, -0.15) is 5.26 Å². The number of nitriles is 1. The molecule has 0 saturated heterocycles. The van der Waals surface area contributed by atoms with E-state index in [-0.39, 0.29) is 12.4 Å². The second kappa shape index (κ2) is 6.51. The smallest absolute Gasteiger partial charge is 0.313 e. The average Bonchev–Trinajstić information content (AvgIpc) is 2.36. The minimum absolute atomic E-state index is 0.237. The summed E-state index contributed by atoms with van der Waals surface area (Å²) in [4.78, 5) is 22.5. The molecule has 2 amide bonds. The molecule has 0 aliphatic rings. The number of amides is 2. The Labute approximate surface area is 103 Å². The van der Waals surface area contributed by atoms with Crippen LogP contribution < -0.4 is 10.6 Å². The van der Waals surface area contributed by atoms with Gasteiger partial charge in [-0.25, -0.2) is 0 Å². The Hall–Kier alpha value is -2.06. The van der Waals surface area contributed by atoms with Gasteiger partial charge in [-0.05, 0) is 24.3 Å². The van der Waals surface area contributed by atoms with Crippen molar-refractivity contribution in [3.05, 3.63) is 29.8 Å². The third-order valence-electron chi connectivity index (χ3n) is 1.86. The Morgan fingerprint density at radius 2 is 1.88 bits per heavy atom. The molecule has 0 spiro atoms. The monoisotopic (exact) mass is 251 g/mol. The zero-order chi connectivity index (χ0) is 12.7. The van der Waals surface area contributed by atoms with Gasteiger partial charge in [-0.1, -0.05) is 0 Å². The fraction of sp³-hybridized carbons (Fsp3) is 0.182. The molecular formula is C11H10ClN3O2. The Bertz CT molecular complexity index is 451. The van der Waals surface area contributed by atoms with E-state index in [1.807, 2.05) is 6.07 Å². The molecule has 2 N–H and O–H groups in total. The van der Waals surface area contributed by atoms with Gasteiger partial charge < -0.3 is 10.6 Å². The second-order valence-corrected chi connectivity index (χ2v) is 3.47. The van der Waals surface area contributed by atoms with Crippen LogP contribution in [0.4, 0.5) is 5.69 Å². The average molecular weight is 252 g/mol. The van der Waals surface area contributed by atoms with E-state index in [2.05, 4.69) is 10.6 Å². The predicted molar refractivity (Wildman–Crippen MR) is 63.5 cm³/mol. The molecule has 5 nitrogen and oxygen atoms in total. The van der Waals surface area contributed by atoms with Crippen LogP contribution in [0.3, 0.4) is 0 Å². The number of carbonyl (C=O) groups is 2. The predicted octanol–water partition coefficient (Wildman–Crippen LogP) is 0.852. The maximum atomic E-state index is 11.3. The zero-order valence-corrected chi connectivity index (χ0v) is 9.62. The van der Waals surface area contributed by atoms with Gasteiger partial charge in [0.15, 0.2) is 0 Å². The Morgan fingerprint density at radius 1 is 1.24 bits per heavy atom. The molecule has 1 rings (SSSR count). The molecule has 0 unspecified atom stereocenters. The number of anilines is 1. The van der Waals surface area contributed by atoms with Gasteiger partial charge in [-0.15, -0.1) is 11.6 Å². The number of nitrogens with one attached hydrogen (secondary N) is 2. The highest BCUT2D eigenvalue weighted by Crippen LogP contribution is 2.08. The largest absolute Gasteiger partial charge is 0.347 e. The number of benzene rings is 1. The molecule has 1 aromatic carbocycles. The lowest BCUT2D eigenvalue weighted by Crippen LogP contribution is -2.36. The SMILES string of the molecule is N#Cc1ccc(NC(=O)C(=O)NCCCl)cc1. The van der Waals surface area contributed by atoms with Crippen molar-refractivity contribution >= 4 is 29.1 Å². The lowest BCUT2D eigenvalue weighted by atomic mass is 10.2. The van der Waals surface area contributed by atoms with Gasteiger partial charge in [0.1, 0.15) is 0 Å². The van der Waals surface area contributed by atoms with E-state index in [1.54, 1.807) is 24.3 Å². The summed E-state index contributed by atoms with van der Waals surface area (Å²) >= 11 is 5.37. The summed E-state index contributed by atoms with van der Waals surface area (Å²) in [5.41, 5.74) is 0.935. The second-order valence-electron chi connectivity index (χ2n) is 3.09. The first-order chi connectivity index (χ1) is 8.17. The first-order valence-electron chi connectivity index (χ1n) is 4.82. The molecule has 0 bridgehead atoms. The Balaban J connectivity index is 2.56. The first kappa shape index (κ1) is 13.0. The van der Waals surface area contributed by atoms with Crippen LogP contribution in [0.2, 0.25) is 0 Å². The summed E-state index contributed by atoms with van der Waals surface area (Å²) in [6.45, 7) is 0.237. The summed E-state index contributed by atoms with van der Waals surface area (Å²) in [6, 6.07) is 8.14. The summed E-state index contributed by atoms with van der Waals surface area (Å²) < 4.78 is 0. The molecule has 0 aliphatic heterocycles. The Kier molecular flexibility index (Phi) is 4.98. The van der Waals surface area contributed by atoms with Gasteiger partial charge in [0.2, 0.25) is 0 Å². The van der Waals surface area contributed by atoms with E-state index in [4.69, 9.17) is 16.9 Å². The lowest BCUT2D eigenvalue weighted by molar-refractivity contribution is -0.136. The molecule has 0 atom stereocenters. The molecule has 6 heteroatoms. The van der Waals surface area contributed by atoms with E-state index < -0.39 is 11.8 Å². The summed E-state index contributed by atoms with van der Waals surface area (Å²) in [7, 11) is 0. The minimum atomic E-state index is -0.764. The number of hydrogen-bond acceptors (Lipinski definition) is 3. The van der Waals surface area contributed by atoms with Crippen molar-refractivity contribution in [3.63, 3.8) is 0 Å². The number of carbonyl (C=O) groups excluding carboxylic acids is 2. The molecule has 0 saturated carbocycles. The molecule has 0 aliphatic carbocycles. The van der Waals surface area contributed by atoms with Crippen molar-refractivity contribution in [1.82, 2.24) is 5.32 Å². The van der Waals surface area contributed by atoms with Crippen molar-refractivity contribution in [2.45, 2.75) is 0 Å². The standard InChI is InChI=1S/C11H10ClN3O2/c12-5-6-14-10(16)11(17)15-9-3-1-8(7-13)2-4-9/h1-4H,5-6H2,(H,14,16)(H,15,17). The quantitative estimate of drug-likeness (QED) is 0.617. The molecule has 0 aromatic heterocycles. The van der Waals surface area contributed by atoms with Crippen LogP contribution in [0, 0.1) is 11.3 Å². The van der Waals surface area contributed by atoms with Crippen LogP contribution in [-0.2, 0) is 9.59 Å². The van der Waals surface area contributed by atoms with Crippen molar-refractivity contribution < 1.29 is 9.59 Å². The van der Waals surface area contributed by atoms with Crippen molar-refractivity contribution in [2.75, 3.05) is 17.7 Å². The number of alkyl halides is 1. The fourth-order valence-corrected chi connectivity index (χ4v) is 1.15. The van der Waals surface area contributed by atoms with E-state index in [0.29, 0.717) is 11.3 Å². The van der Waals surface area contributed by atoms with Gasteiger partial charge in [0.25, 0.3) is 0 Å². The number of halogens is 1. The molecule has 17 heavy (non-hydrogen) atoms. The third kappa shape index (κ3) is 4.13. The number of rotatable bonds is 3. The molecule has 0 fully saturated rings. The van der Waals surface area contributed by atoms with Gasteiger partial charge in [0.05, 0.1) is 11.6 Å². The third-order valence-corrected chi connectivity index (χ3v) is 2.05. The van der Waals surface area contributed by atoms with Crippen molar-refractivity contribution in [1.29, 1.82) is 5.26 Å². The van der Waals surface area contributed by atoms with Gasteiger partial charge in [0, 0.05) is 18.1 Å². The molecule has 88 valence electrons. The molecule has 0 radical (unpaired) electrons. The van der Waals surface area contributed by atoms with Crippen molar-refractivity contribution in [3.8, 4) is 6.07 Å². The van der Waals surface area contributed by atoms with Crippen LogP contribution >= 0.6 is 11.6 Å². The molecule has 1 aromatic rings. The van der Waals surface area contributed by atoms with Crippen molar-refractivity contribution in [2.24, 2.45) is 0 Å². The normalized spacial score (nSPS) is 9.18.